The number of hydrogen-bond acceptors (Lipinski definition) is 5. The predicted octanol–water partition coefficient (Wildman–Crippen LogP) is 3.29. The van der Waals surface area contributed by atoms with Crippen LogP contribution >= 0.6 is 0 Å². The van der Waals surface area contributed by atoms with Crippen LogP contribution in [0.3, 0.4) is 0 Å². The van der Waals surface area contributed by atoms with E-state index in [9.17, 15) is 4.79 Å². The van der Waals surface area contributed by atoms with Crippen molar-refractivity contribution in [3.63, 3.8) is 0 Å². The lowest BCUT2D eigenvalue weighted by atomic mass is 10.1. The molecule has 0 aliphatic carbocycles. The van der Waals surface area contributed by atoms with Gasteiger partial charge in [-0.25, -0.2) is 4.79 Å². The average Bonchev–Trinajstić information content (AvgIpc) is 2.67. The van der Waals surface area contributed by atoms with Crippen molar-refractivity contribution in [3.8, 4) is 11.5 Å². The number of ether oxygens (including phenoxy) is 2. The van der Waals surface area contributed by atoms with Crippen LogP contribution in [0.15, 0.2) is 57.7 Å². The van der Waals surface area contributed by atoms with Crippen LogP contribution in [0.5, 0.6) is 11.5 Å². The van der Waals surface area contributed by atoms with Crippen molar-refractivity contribution in [2.75, 3.05) is 13.2 Å². The molecule has 0 amide bonds. The Morgan fingerprint density at radius 2 is 1.96 bits per heavy atom. The van der Waals surface area contributed by atoms with Gasteiger partial charge in [-0.15, -0.1) is 0 Å². The van der Waals surface area contributed by atoms with Crippen molar-refractivity contribution in [1.82, 2.24) is 5.32 Å². The van der Waals surface area contributed by atoms with E-state index in [0.29, 0.717) is 25.3 Å². The summed E-state index contributed by atoms with van der Waals surface area (Å²) in [4.78, 5) is 11.9. The number of nitrogens with one attached hydrogen (secondary N) is 1. The molecule has 0 unspecified atom stereocenters. The lowest BCUT2D eigenvalue weighted by Gasteiger charge is -2.26. The van der Waals surface area contributed by atoms with E-state index in [-0.39, 0.29) is 11.7 Å². The molecule has 26 heavy (non-hydrogen) atoms. The second-order valence-electron chi connectivity index (χ2n) is 6.40. The van der Waals surface area contributed by atoms with Crippen LogP contribution in [0.25, 0.3) is 11.0 Å². The van der Waals surface area contributed by atoms with Crippen molar-refractivity contribution in [1.29, 1.82) is 0 Å². The molecule has 0 saturated carbocycles. The zero-order valence-electron chi connectivity index (χ0n) is 14.7. The highest BCUT2D eigenvalue weighted by Gasteiger charge is 2.20. The first-order valence-corrected chi connectivity index (χ1v) is 8.88. The maximum Gasteiger partial charge on any atom is 0.336 e. The Morgan fingerprint density at radius 1 is 1.12 bits per heavy atom. The molecule has 134 valence electrons. The third kappa shape index (κ3) is 3.44. The zero-order chi connectivity index (χ0) is 17.9. The fourth-order valence-corrected chi connectivity index (χ4v) is 3.17. The zero-order valence-corrected chi connectivity index (χ0v) is 14.7. The smallest absolute Gasteiger partial charge is 0.336 e. The normalized spacial score (nSPS) is 16.0. The number of rotatable bonds is 5. The van der Waals surface area contributed by atoms with Gasteiger partial charge in [-0.2, -0.15) is 0 Å². The Hall–Kier alpha value is -2.79. The van der Waals surface area contributed by atoms with Gasteiger partial charge in [0.15, 0.2) is 11.5 Å². The molecule has 0 fully saturated rings. The number of fused-ring (bicyclic) bond motifs is 2. The monoisotopic (exact) mass is 351 g/mol. The number of hydrogen-bond donors (Lipinski definition) is 1. The SMILES string of the molecule is CCc1ccc2c(CNC[C@@H]3COc4ccccc4O3)cc(=O)oc2c1. The Bertz CT molecular complexity index is 979. The quantitative estimate of drug-likeness (QED) is 0.715. The molecule has 3 aromatic rings. The number of benzene rings is 2. The van der Waals surface area contributed by atoms with Gasteiger partial charge in [-0.3, -0.25) is 0 Å². The van der Waals surface area contributed by atoms with Crippen LogP contribution in [0.1, 0.15) is 18.1 Å². The summed E-state index contributed by atoms with van der Waals surface area (Å²) in [6.45, 7) is 3.77. The molecular formula is C21H21NO4. The van der Waals surface area contributed by atoms with Gasteiger partial charge in [0.1, 0.15) is 18.3 Å². The van der Waals surface area contributed by atoms with Gasteiger partial charge in [-0.1, -0.05) is 31.2 Å². The molecule has 5 nitrogen and oxygen atoms in total. The van der Waals surface area contributed by atoms with Crippen LogP contribution in [0, 0.1) is 0 Å². The van der Waals surface area contributed by atoms with Crippen molar-refractivity contribution in [2.24, 2.45) is 0 Å². The summed E-state index contributed by atoms with van der Waals surface area (Å²) in [7, 11) is 0. The fourth-order valence-electron chi connectivity index (χ4n) is 3.17. The van der Waals surface area contributed by atoms with Gasteiger partial charge in [0, 0.05) is 24.5 Å². The predicted molar refractivity (Wildman–Crippen MR) is 99.9 cm³/mol. The summed E-state index contributed by atoms with van der Waals surface area (Å²) in [5.74, 6) is 1.55. The molecule has 0 radical (unpaired) electrons. The summed E-state index contributed by atoms with van der Waals surface area (Å²) >= 11 is 0. The Kier molecular flexibility index (Phi) is 4.63. The highest BCUT2D eigenvalue weighted by Crippen LogP contribution is 2.30. The standard InChI is InChI=1S/C21H21NO4/c1-2-14-7-8-17-15(10-21(23)26-20(17)9-14)11-22-12-16-13-24-18-5-3-4-6-19(18)25-16/h3-10,16,22H,2,11-13H2,1H3/t16-/m1/s1. The third-order valence-electron chi connectivity index (χ3n) is 4.56. The van der Waals surface area contributed by atoms with E-state index < -0.39 is 0 Å². The average molecular weight is 351 g/mol. The third-order valence-corrected chi connectivity index (χ3v) is 4.56. The molecule has 1 aliphatic heterocycles. The van der Waals surface area contributed by atoms with E-state index in [2.05, 4.69) is 18.3 Å². The van der Waals surface area contributed by atoms with Crippen LogP contribution in [-0.4, -0.2) is 19.3 Å². The maximum absolute atomic E-state index is 11.9. The first-order chi connectivity index (χ1) is 12.7. The van der Waals surface area contributed by atoms with Crippen LogP contribution in [0.4, 0.5) is 0 Å². The van der Waals surface area contributed by atoms with Gasteiger partial charge in [0.25, 0.3) is 0 Å². The minimum atomic E-state index is -0.325. The number of aryl methyl sites for hydroxylation is 1. The molecule has 0 bridgehead atoms. The molecule has 1 aromatic heterocycles. The Balaban J connectivity index is 1.44. The van der Waals surface area contributed by atoms with Crippen molar-refractivity contribution >= 4 is 11.0 Å². The second-order valence-corrected chi connectivity index (χ2v) is 6.40. The van der Waals surface area contributed by atoms with Crippen molar-refractivity contribution in [2.45, 2.75) is 26.0 Å². The molecule has 2 aromatic carbocycles. The van der Waals surface area contributed by atoms with Crippen LogP contribution < -0.4 is 20.4 Å². The minimum Gasteiger partial charge on any atom is -0.486 e. The highest BCUT2D eigenvalue weighted by atomic mass is 16.6. The van der Waals surface area contributed by atoms with E-state index in [1.54, 1.807) is 6.07 Å². The highest BCUT2D eigenvalue weighted by molar-refractivity contribution is 5.80. The van der Waals surface area contributed by atoms with Gasteiger partial charge in [0.05, 0.1) is 0 Å². The topological polar surface area (TPSA) is 60.7 Å². The van der Waals surface area contributed by atoms with Gasteiger partial charge in [-0.05, 0) is 35.7 Å². The first kappa shape index (κ1) is 16.7. The largest absolute Gasteiger partial charge is 0.486 e. The summed E-state index contributed by atoms with van der Waals surface area (Å²) in [5, 5.41) is 4.32. The molecule has 5 heteroatoms. The molecule has 2 heterocycles. The van der Waals surface area contributed by atoms with E-state index in [4.69, 9.17) is 13.9 Å². The van der Waals surface area contributed by atoms with E-state index in [0.717, 1.165) is 34.4 Å². The van der Waals surface area contributed by atoms with E-state index >= 15 is 0 Å². The lowest BCUT2D eigenvalue weighted by molar-refractivity contribution is 0.0902. The molecule has 0 spiro atoms. The fraction of sp³-hybridized carbons (Fsp3) is 0.286. The van der Waals surface area contributed by atoms with Gasteiger partial charge >= 0.3 is 5.63 Å². The Morgan fingerprint density at radius 3 is 2.81 bits per heavy atom. The summed E-state index contributed by atoms with van der Waals surface area (Å²) in [6.07, 6.45) is 0.839. The van der Waals surface area contributed by atoms with Gasteiger partial charge < -0.3 is 19.2 Å². The van der Waals surface area contributed by atoms with Crippen molar-refractivity contribution in [3.05, 3.63) is 70.1 Å². The first-order valence-electron chi connectivity index (χ1n) is 8.88. The maximum atomic E-state index is 11.9. The van der Waals surface area contributed by atoms with E-state index in [1.807, 2.05) is 36.4 Å². The molecule has 1 atom stereocenters. The molecular weight excluding hydrogens is 330 g/mol. The molecule has 1 N–H and O–H groups in total. The van der Waals surface area contributed by atoms with E-state index in [1.165, 1.54) is 0 Å². The lowest BCUT2D eigenvalue weighted by Crippen LogP contribution is -2.38. The Labute approximate surface area is 151 Å². The number of para-hydroxylation sites is 2. The summed E-state index contributed by atoms with van der Waals surface area (Å²) < 4.78 is 17.0. The summed E-state index contributed by atoms with van der Waals surface area (Å²) in [6, 6.07) is 15.2. The molecule has 1 aliphatic rings. The van der Waals surface area contributed by atoms with Gasteiger partial charge in [0.2, 0.25) is 0 Å². The van der Waals surface area contributed by atoms with Crippen molar-refractivity contribution < 1.29 is 13.9 Å². The molecule has 4 rings (SSSR count). The summed E-state index contributed by atoms with van der Waals surface area (Å²) in [5.41, 5.74) is 2.39. The molecule has 0 saturated heterocycles. The second kappa shape index (κ2) is 7.22. The van der Waals surface area contributed by atoms with Crippen LogP contribution in [0.2, 0.25) is 0 Å². The van der Waals surface area contributed by atoms with Crippen LogP contribution in [-0.2, 0) is 13.0 Å². The minimum absolute atomic E-state index is 0.0667.